The van der Waals surface area contributed by atoms with Gasteiger partial charge in [0.05, 0.1) is 6.61 Å². The molecule has 1 atom stereocenters. The highest BCUT2D eigenvalue weighted by atomic mass is 19.1. The molecular formula is C24H26F2O3. The van der Waals surface area contributed by atoms with E-state index in [0.29, 0.717) is 18.8 Å². The van der Waals surface area contributed by atoms with Crippen molar-refractivity contribution in [2.75, 3.05) is 6.61 Å². The Morgan fingerprint density at radius 3 is 2.34 bits per heavy atom. The molecule has 29 heavy (non-hydrogen) atoms. The molecule has 1 unspecified atom stereocenters. The number of rotatable bonds is 7. The van der Waals surface area contributed by atoms with Crippen LogP contribution in [-0.2, 0) is 20.7 Å². The van der Waals surface area contributed by atoms with Gasteiger partial charge in [0.1, 0.15) is 17.6 Å². The van der Waals surface area contributed by atoms with Crippen molar-refractivity contribution in [1.29, 1.82) is 0 Å². The largest absolute Gasteiger partial charge is 0.465 e. The predicted molar refractivity (Wildman–Crippen MR) is 106 cm³/mol. The summed E-state index contributed by atoms with van der Waals surface area (Å²) in [6.07, 6.45) is 3.03. The normalized spacial score (nSPS) is 20.1. The minimum Gasteiger partial charge on any atom is -0.465 e. The van der Waals surface area contributed by atoms with Gasteiger partial charge in [-0.2, -0.15) is 0 Å². The quantitative estimate of drug-likeness (QED) is 0.472. The third-order valence-corrected chi connectivity index (χ3v) is 5.75. The van der Waals surface area contributed by atoms with E-state index in [4.69, 9.17) is 4.74 Å². The molecule has 0 amide bonds. The second kappa shape index (κ2) is 9.77. The first-order chi connectivity index (χ1) is 14.0. The zero-order chi connectivity index (χ0) is 20.8. The van der Waals surface area contributed by atoms with Crippen LogP contribution in [0.2, 0.25) is 0 Å². The number of carbonyl (C=O) groups is 2. The highest BCUT2D eigenvalue weighted by molar-refractivity contribution is 6.00. The van der Waals surface area contributed by atoms with Gasteiger partial charge in [-0.25, -0.2) is 8.78 Å². The Balaban J connectivity index is 1.70. The molecule has 154 valence electrons. The summed E-state index contributed by atoms with van der Waals surface area (Å²) >= 11 is 0. The van der Waals surface area contributed by atoms with E-state index >= 15 is 0 Å². The Hall–Kier alpha value is -2.56. The van der Waals surface area contributed by atoms with Crippen LogP contribution in [0.25, 0.3) is 0 Å². The fourth-order valence-corrected chi connectivity index (χ4v) is 4.17. The molecule has 0 aromatic heterocycles. The zero-order valence-electron chi connectivity index (χ0n) is 16.6. The maximum absolute atomic E-state index is 14.1. The lowest BCUT2D eigenvalue weighted by molar-refractivity contribution is -0.152. The second-order valence-corrected chi connectivity index (χ2v) is 7.61. The molecule has 0 saturated heterocycles. The first kappa shape index (κ1) is 21.2. The number of hydrogen-bond acceptors (Lipinski definition) is 3. The predicted octanol–water partition coefficient (Wildman–Crippen LogP) is 5.23. The van der Waals surface area contributed by atoms with Crippen LogP contribution in [0, 0.1) is 23.5 Å². The van der Waals surface area contributed by atoms with Gasteiger partial charge in [0.15, 0.2) is 5.78 Å². The molecule has 5 heteroatoms. The van der Waals surface area contributed by atoms with Crippen LogP contribution in [0.5, 0.6) is 0 Å². The second-order valence-electron chi connectivity index (χ2n) is 7.61. The number of halogens is 2. The highest BCUT2D eigenvalue weighted by Gasteiger charge is 2.36. The van der Waals surface area contributed by atoms with E-state index in [1.54, 1.807) is 6.92 Å². The van der Waals surface area contributed by atoms with Crippen molar-refractivity contribution in [3.8, 4) is 0 Å². The standard InChI is InChI=1S/C24H26F2O3/c1-2-29-24(28)21(14-19-12-13-20(25)15-22(19)26)23(27)18-10-8-17(9-11-18)16-6-4-3-5-7-16/h3-7,12-13,15,17-18,21H,2,8-11,14H2,1H3. The Bertz CT molecular complexity index is 842. The Morgan fingerprint density at radius 1 is 1.03 bits per heavy atom. The average Bonchev–Trinajstić information content (AvgIpc) is 2.73. The van der Waals surface area contributed by atoms with Gasteiger partial charge < -0.3 is 4.74 Å². The van der Waals surface area contributed by atoms with E-state index in [2.05, 4.69) is 12.1 Å². The van der Waals surface area contributed by atoms with E-state index in [1.807, 2.05) is 18.2 Å². The average molecular weight is 400 g/mol. The zero-order valence-corrected chi connectivity index (χ0v) is 16.6. The van der Waals surface area contributed by atoms with Crippen LogP contribution in [0.4, 0.5) is 8.78 Å². The number of ether oxygens (including phenoxy) is 1. The lowest BCUT2D eigenvalue weighted by Gasteiger charge is -2.30. The maximum Gasteiger partial charge on any atom is 0.316 e. The number of benzene rings is 2. The van der Waals surface area contributed by atoms with E-state index < -0.39 is 23.5 Å². The molecule has 0 spiro atoms. The topological polar surface area (TPSA) is 43.4 Å². The van der Waals surface area contributed by atoms with Crippen LogP contribution >= 0.6 is 0 Å². The van der Waals surface area contributed by atoms with E-state index in [1.165, 1.54) is 11.6 Å². The van der Waals surface area contributed by atoms with Crippen molar-refractivity contribution in [3.05, 3.63) is 71.3 Å². The minimum absolute atomic E-state index is 0.109. The number of ketones is 1. The van der Waals surface area contributed by atoms with Gasteiger partial charge in [0.25, 0.3) is 0 Å². The van der Waals surface area contributed by atoms with Crippen molar-refractivity contribution in [2.24, 2.45) is 11.8 Å². The van der Waals surface area contributed by atoms with Gasteiger partial charge in [-0.05, 0) is 62.1 Å². The SMILES string of the molecule is CCOC(=O)C(Cc1ccc(F)cc1F)C(=O)C1CCC(c2ccccc2)CC1. The monoisotopic (exact) mass is 400 g/mol. The molecule has 1 aliphatic carbocycles. The molecule has 2 aromatic carbocycles. The molecule has 2 aromatic rings. The van der Waals surface area contributed by atoms with E-state index in [-0.39, 0.29) is 30.3 Å². The molecule has 0 radical (unpaired) electrons. The number of hydrogen-bond donors (Lipinski definition) is 0. The molecule has 1 aliphatic rings. The smallest absolute Gasteiger partial charge is 0.316 e. The van der Waals surface area contributed by atoms with Gasteiger partial charge in [-0.1, -0.05) is 36.4 Å². The summed E-state index contributed by atoms with van der Waals surface area (Å²) in [4.78, 5) is 25.6. The van der Waals surface area contributed by atoms with Gasteiger partial charge >= 0.3 is 5.97 Å². The van der Waals surface area contributed by atoms with Crippen molar-refractivity contribution >= 4 is 11.8 Å². The highest BCUT2D eigenvalue weighted by Crippen LogP contribution is 2.37. The van der Waals surface area contributed by atoms with Crippen LogP contribution in [0.15, 0.2) is 48.5 Å². The van der Waals surface area contributed by atoms with Crippen molar-refractivity contribution in [2.45, 2.75) is 44.9 Å². The Labute approximate surface area is 170 Å². The van der Waals surface area contributed by atoms with Gasteiger partial charge in [0, 0.05) is 12.0 Å². The van der Waals surface area contributed by atoms with Gasteiger partial charge in [0.2, 0.25) is 0 Å². The molecule has 3 nitrogen and oxygen atoms in total. The van der Waals surface area contributed by atoms with Crippen LogP contribution in [0.3, 0.4) is 0 Å². The van der Waals surface area contributed by atoms with Crippen LogP contribution < -0.4 is 0 Å². The Morgan fingerprint density at radius 2 is 1.72 bits per heavy atom. The summed E-state index contributed by atoms with van der Waals surface area (Å²) in [5.74, 6) is -3.16. The molecule has 0 heterocycles. The summed E-state index contributed by atoms with van der Waals surface area (Å²) in [6.45, 7) is 1.82. The molecule has 3 rings (SSSR count). The lowest BCUT2D eigenvalue weighted by Crippen LogP contribution is -2.35. The fraction of sp³-hybridized carbons (Fsp3) is 0.417. The maximum atomic E-state index is 14.1. The lowest BCUT2D eigenvalue weighted by atomic mass is 9.74. The molecular weight excluding hydrogens is 374 g/mol. The number of esters is 1. The molecule has 1 saturated carbocycles. The molecule has 0 N–H and O–H groups in total. The van der Waals surface area contributed by atoms with E-state index in [9.17, 15) is 18.4 Å². The third kappa shape index (κ3) is 5.28. The fourth-order valence-electron chi connectivity index (χ4n) is 4.17. The van der Waals surface area contributed by atoms with Gasteiger partial charge in [-0.3, -0.25) is 9.59 Å². The molecule has 1 fully saturated rings. The number of carbonyl (C=O) groups excluding carboxylic acids is 2. The summed E-state index contributed by atoms with van der Waals surface area (Å²) in [5, 5.41) is 0. The van der Waals surface area contributed by atoms with E-state index in [0.717, 1.165) is 25.0 Å². The van der Waals surface area contributed by atoms with Crippen LogP contribution in [0.1, 0.15) is 49.7 Å². The molecule has 0 aliphatic heterocycles. The van der Waals surface area contributed by atoms with Crippen LogP contribution in [-0.4, -0.2) is 18.4 Å². The third-order valence-electron chi connectivity index (χ3n) is 5.75. The van der Waals surface area contributed by atoms with Gasteiger partial charge in [-0.15, -0.1) is 0 Å². The minimum atomic E-state index is -1.06. The summed E-state index contributed by atoms with van der Waals surface area (Å²) in [6, 6.07) is 13.4. The summed E-state index contributed by atoms with van der Waals surface area (Å²) in [7, 11) is 0. The summed E-state index contributed by atoms with van der Waals surface area (Å²) in [5.41, 5.74) is 1.42. The van der Waals surface area contributed by atoms with Crippen molar-refractivity contribution < 1.29 is 23.1 Å². The first-order valence-corrected chi connectivity index (χ1v) is 10.2. The first-order valence-electron chi connectivity index (χ1n) is 10.2. The van der Waals surface area contributed by atoms with Crippen molar-refractivity contribution in [1.82, 2.24) is 0 Å². The van der Waals surface area contributed by atoms with Crippen molar-refractivity contribution in [3.63, 3.8) is 0 Å². The Kier molecular flexibility index (Phi) is 7.13. The number of Topliss-reactive ketones (excluding diaryl/α,β-unsaturated/α-hetero) is 1. The molecule has 0 bridgehead atoms. The summed E-state index contributed by atoms with van der Waals surface area (Å²) < 4.78 is 32.4.